The zero-order valence-corrected chi connectivity index (χ0v) is 18.4. The SMILES string of the molecule is Cc1ccc(CN2C(=O)S/C(=C\c3cc(Cc4ccccc4Cl)ccc3O)C2=O)cc1. The smallest absolute Gasteiger partial charge is 0.293 e. The van der Waals surface area contributed by atoms with Crippen LogP contribution in [0.5, 0.6) is 5.75 Å². The molecule has 4 rings (SSSR count). The van der Waals surface area contributed by atoms with Crippen molar-refractivity contribution in [3.05, 3.63) is 104 Å². The number of aryl methyl sites for hydroxylation is 1. The average molecular weight is 450 g/mol. The molecule has 156 valence electrons. The average Bonchev–Trinajstić information content (AvgIpc) is 3.01. The van der Waals surface area contributed by atoms with Gasteiger partial charge >= 0.3 is 0 Å². The summed E-state index contributed by atoms with van der Waals surface area (Å²) in [6.07, 6.45) is 2.17. The molecule has 1 heterocycles. The van der Waals surface area contributed by atoms with Gasteiger partial charge in [0.2, 0.25) is 0 Å². The number of phenols is 1. The van der Waals surface area contributed by atoms with E-state index in [4.69, 9.17) is 11.6 Å². The van der Waals surface area contributed by atoms with Crippen LogP contribution in [0.15, 0.2) is 71.6 Å². The summed E-state index contributed by atoms with van der Waals surface area (Å²) in [7, 11) is 0. The van der Waals surface area contributed by atoms with E-state index in [1.807, 2.05) is 67.6 Å². The second-order valence-electron chi connectivity index (χ2n) is 7.41. The molecule has 4 nitrogen and oxygen atoms in total. The highest BCUT2D eigenvalue weighted by Gasteiger charge is 2.35. The summed E-state index contributed by atoms with van der Waals surface area (Å²) < 4.78 is 0. The third kappa shape index (κ3) is 4.84. The number of aromatic hydroxyl groups is 1. The first-order chi connectivity index (χ1) is 14.9. The van der Waals surface area contributed by atoms with E-state index in [2.05, 4.69) is 0 Å². The third-order valence-corrected chi connectivity index (χ3v) is 6.34. The number of carbonyl (C=O) groups excluding carboxylic acids is 2. The Balaban J connectivity index is 1.56. The second-order valence-corrected chi connectivity index (χ2v) is 8.82. The van der Waals surface area contributed by atoms with E-state index < -0.39 is 0 Å². The molecule has 0 unspecified atom stereocenters. The summed E-state index contributed by atoms with van der Waals surface area (Å²) >= 11 is 7.14. The van der Waals surface area contributed by atoms with Crippen molar-refractivity contribution < 1.29 is 14.7 Å². The predicted molar refractivity (Wildman–Crippen MR) is 125 cm³/mol. The molecule has 0 aliphatic carbocycles. The maximum Gasteiger partial charge on any atom is 0.293 e. The van der Waals surface area contributed by atoms with Gasteiger partial charge in [0.05, 0.1) is 11.4 Å². The molecule has 1 aliphatic heterocycles. The Morgan fingerprint density at radius 1 is 1.00 bits per heavy atom. The van der Waals surface area contributed by atoms with E-state index in [1.165, 1.54) is 4.90 Å². The van der Waals surface area contributed by atoms with E-state index in [9.17, 15) is 14.7 Å². The van der Waals surface area contributed by atoms with E-state index >= 15 is 0 Å². The number of amides is 2. The number of phenolic OH excluding ortho intramolecular Hbond substituents is 1. The summed E-state index contributed by atoms with van der Waals surface area (Å²) in [6, 6.07) is 20.5. The highest BCUT2D eigenvalue weighted by Crippen LogP contribution is 2.35. The molecule has 1 fully saturated rings. The number of thioether (sulfide) groups is 1. The van der Waals surface area contributed by atoms with Crippen molar-refractivity contribution in [2.45, 2.75) is 19.9 Å². The predicted octanol–water partition coefficient (Wildman–Crippen LogP) is 6.18. The maximum absolute atomic E-state index is 12.8. The fourth-order valence-electron chi connectivity index (χ4n) is 3.34. The Bertz CT molecular complexity index is 1190. The Labute approximate surface area is 190 Å². The normalized spacial score (nSPS) is 15.2. The van der Waals surface area contributed by atoms with Gasteiger partial charge in [-0.05, 0) is 66.1 Å². The molecule has 0 aromatic heterocycles. The first-order valence-corrected chi connectivity index (χ1v) is 11.0. The minimum atomic E-state index is -0.355. The quantitative estimate of drug-likeness (QED) is 0.472. The molecule has 1 aliphatic rings. The second kappa shape index (κ2) is 9.00. The number of hydrogen-bond donors (Lipinski definition) is 1. The molecule has 0 saturated carbocycles. The fourth-order valence-corrected chi connectivity index (χ4v) is 4.38. The van der Waals surface area contributed by atoms with Gasteiger partial charge in [-0.1, -0.05) is 65.7 Å². The fraction of sp³-hybridized carbons (Fsp3) is 0.120. The molecule has 6 heteroatoms. The van der Waals surface area contributed by atoms with Crippen molar-refractivity contribution in [2.24, 2.45) is 0 Å². The summed E-state index contributed by atoms with van der Waals surface area (Å²) in [5.74, 6) is -0.306. The summed E-state index contributed by atoms with van der Waals surface area (Å²) in [6.45, 7) is 2.21. The van der Waals surface area contributed by atoms with Gasteiger partial charge in [-0.3, -0.25) is 14.5 Å². The minimum absolute atomic E-state index is 0.0493. The lowest BCUT2D eigenvalue weighted by atomic mass is 10.0. The van der Waals surface area contributed by atoms with Crippen molar-refractivity contribution in [1.29, 1.82) is 0 Å². The number of hydrogen-bond acceptors (Lipinski definition) is 4. The van der Waals surface area contributed by atoms with Crippen molar-refractivity contribution >= 4 is 40.6 Å². The zero-order chi connectivity index (χ0) is 22.0. The van der Waals surface area contributed by atoms with E-state index in [1.54, 1.807) is 12.1 Å². The van der Waals surface area contributed by atoms with Gasteiger partial charge < -0.3 is 5.11 Å². The number of halogens is 1. The highest BCUT2D eigenvalue weighted by molar-refractivity contribution is 8.18. The first kappa shape index (κ1) is 21.2. The molecular weight excluding hydrogens is 430 g/mol. The van der Waals surface area contributed by atoms with Crippen molar-refractivity contribution in [1.82, 2.24) is 4.90 Å². The van der Waals surface area contributed by atoms with E-state index in [0.29, 0.717) is 21.9 Å². The van der Waals surface area contributed by atoms with Crippen LogP contribution >= 0.6 is 23.4 Å². The van der Waals surface area contributed by atoms with Crippen molar-refractivity contribution in [3.8, 4) is 5.75 Å². The van der Waals surface area contributed by atoms with Crippen LogP contribution < -0.4 is 0 Å². The molecule has 3 aromatic carbocycles. The van der Waals surface area contributed by atoms with Crippen molar-refractivity contribution in [3.63, 3.8) is 0 Å². The van der Waals surface area contributed by atoms with Gasteiger partial charge in [-0.25, -0.2) is 0 Å². The number of benzene rings is 3. The lowest BCUT2D eigenvalue weighted by molar-refractivity contribution is -0.123. The van der Waals surface area contributed by atoms with Gasteiger partial charge in [0.25, 0.3) is 11.1 Å². The molecule has 1 saturated heterocycles. The number of carbonyl (C=O) groups is 2. The maximum atomic E-state index is 12.8. The lowest BCUT2D eigenvalue weighted by Crippen LogP contribution is -2.27. The number of nitrogens with zero attached hydrogens (tertiary/aromatic N) is 1. The third-order valence-electron chi connectivity index (χ3n) is 5.07. The van der Waals surface area contributed by atoms with Gasteiger partial charge in [0.1, 0.15) is 5.75 Å². The van der Waals surface area contributed by atoms with Crippen LogP contribution in [0.4, 0.5) is 4.79 Å². The largest absolute Gasteiger partial charge is 0.507 e. The minimum Gasteiger partial charge on any atom is -0.507 e. The van der Waals surface area contributed by atoms with Crippen molar-refractivity contribution in [2.75, 3.05) is 0 Å². The van der Waals surface area contributed by atoms with Crippen LogP contribution in [-0.4, -0.2) is 21.2 Å². The van der Waals surface area contributed by atoms with E-state index in [0.717, 1.165) is 34.0 Å². The van der Waals surface area contributed by atoms with Crippen LogP contribution in [-0.2, 0) is 17.8 Å². The van der Waals surface area contributed by atoms with Crippen LogP contribution in [0, 0.1) is 6.92 Å². The van der Waals surface area contributed by atoms with Crippen LogP contribution in [0.3, 0.4) is 0 Å². The standard InChI is InChI=1S/C25H20ClNO3S/c1-16-6-8-17(9-7-16)15-27-24(29)23(31-25(27)30)14-20-13-18(10-11-22(20)28)12-19-4-2-3-5-21(19)26/h2-11,13-14,28H,12,15H2,1H3/b23-14-. The molecular formula is C25H20ClNO3S. The zero-order valence-electron chi connectivity index (χ0n) is 16.8. The van der Waals surface area contributed by atoms with Crippen LogP contribution in [0.1, 0.15) is 27.8 Å². The van der Waals surface area contributed by atoms with Gasteiger partial charge in [-0.2, -0.15) is 0 Å². The summed E-state index contributed by atoms with van der Waals surface area (Å²) in [4.78, 5) is 26.8. The molecule has 31 heavy (non-hydrogen) atoms. The van der Waals surface area contributed by atoms with Crippen LogP contribution in [0.25, 0.3) is 6.08 Å². The topological polar surface area (TPSA) is 57.6 Å². The Hall–Kier alpha value is -3.02. The molecule has 1 N–H and O–H groups in total. The molecule has 3 aromatic rings. The first-order valence-electron chi connectivity index (χ1n) is 9.77. The monoisotopic (exact) mass is 449 g/mol. The van der Waals surface area contributed by atoms with Gasteiger partial charge in [0.15, 0.2) is 0 Å². The molecule has 0 bridgehead atoms. The Morgan fingerprint density at radius 3 is 2.45 bits per heavy atom. The Morgan fingerprint density at radius 2 is 1.71 bits per heavy atom. The lowest BCUT2D eigenvalue weighted by Gasteiger charge is -2.12. The van der Waals surface area contributed by atoms with E-state index in [-0.39, 0.29) is 23.4 Å². The van der Waals surface area contributed by atoms with Gasteiger partial charge in [0, 0.05) is 10.6 Å². The number of rotatable bonds is 5. The summed E-state index contributed by atoms with van der Waals surface area (Å²) in [5, 5.41) is 10.7. The molecule has 0 radical (unpaired) electrons. The molecule has 2 amide bonds. The van der Waals surface area contributed by atoms with Gasteiger partial charge in [-0.15, -0.1) is 0 Å². The summed E-state index contributed by atoms with van der Waals surface area (Å²) in [5.41, 5.74) is 4.41. The highest BCUT2D eigenvalue weighted by atomic mass is 35.5. The number of imide groups is 1. The Kier molecular flexibility index (Phi) is 6.16. The van der Waals surface area contributed by atoms with Crippen LogP contribution in [0.2, 0.25) is 5.02 Å². The molecule has 0 spiro atoms. The molecule has 0 atom stereocenters.